The van der Waals surface area contributed by atoms with E-state index in [1.807, 2.05) is 0 Å². The molecular formula is C10H18N2O3S. The smallest absolute Gasteiger partial charge is 0.330 e. The Morgan fingerprint density at radius 1 is 1.50 bits per heavy atom. The number of thioether (sulfide) groups is 1. The van der Waals surface area contributed by atoms with Gasteiger partial charge in [0.1, 0.15) is 5.54 Å². The summed E-state index contributed by atoms with van der Waals surface area (Å²) in [6.45, 7) is 4.08. The van der Waals surface area contributed by atoms with E-state index in [9.17, 15) is 9.59 Å². The molecule has 0 bridgehead atoms. The first-order valence-corrected chi connectivity index (χ1v) is 6.34. The minimum atomic E-state index is -0.977. The highest BCUT2D eigenvalue weighted by Gasteiger charge is 2.33. The number of nitrogens with one attached hydrogen (secondary N) is 2. The summed E-state index contributed by atoms with van der Waals surface area (Å²) in [5.74, 6) is 1.17. The van der Waals surface area contributed by atoms with Gasteiger partial charge in [0.2, 0.25) is 5.91 Å². The van der Waals surface area contributed by atoms with Crippen molar-refractivity contribution in [1.29, 1.82) is 0 Å². The van der Waals surface area contributed by atoms with Gasteiger partial charge in [0.15, 0.2) is 0 Å². The van der Waals surface area contributed by atoms with E-state index >= 15 is 0 Å². The molecule has 1 amide bonds. The van der Waals surface area contributed by atoms with Crippen molar-refractivity contribution in [2.24, 2.45) is 0 Å². The highest BCUT2D eigenvalue weighted by molar-refractivity contribution is 7.99. The molecule has 16 heavy (non-hydrogen) atoms. The van der Waals surface area contributed by atoms with Crippen LogP contribution in [-0.4, -0.2) is 48.6 Å². The molecule has 0 aromatic heterocycles. The van der Waals surface area contributed by atoms with Gasteiger partial charge in [0.25, 0.3) is 0 Å². The van der Waals surface area contributed by atoms with E-state index in [2.05, 4.69) is 15.4 Å². The molecule has 1 unspecified atom stereocenters. The van der Waals surface area contributed by atoms with Crippen LogP contribution < -0.4 is 10.6 Å². The van der Waals surface area contributed by atoms with Crippen molar-refractivity contribution in [3.8, 4) is 0 Å². The zero-order valence-corrected chi connectivity index (χ0v) is 10.6. The maximum Gasteiger partial charge on any atom is 0.330 e. The first-order chi connectivity index (χ1) is 7.47. The molecule has 1 saturated heterocycles. The van der Waals surface area contributed by atoms with Gasteiger partial charge in [-0.3, -0.25) is 4.79 Å². The number of ether oxygens (including phenoxy) is 1. The third-order valence-corrected chi connectivity index (χ3v) is 3.43. The molecule has 1 aliphatic rings. The molecule has 1 rings (SSSR count). The van der Waals surface area contributed by atoms with Crippen LogP contribution >= 0.6 is 11.8 Å². The van der Waals surface area contributed by atoms with Crippen LogP contribution in [0.4, 0.5) is 0 Å². The topological polar surface area (TPSA) is 67.4 Å². The first kappa shape index (κ1) is 13.3. The third-order valence-electron chi connectivity index (χ3n) is 2.37. The fourth-order valence-electron chi connectivity index (χ4n) is 1.44. The van der Waals surface area contributed by atoms with E-state index in [0.717, 1.165) is 18.1 Å². The molecule has 1 fully saturated rings. The van der Waals surface area contributed by atoms with Gasteiger partial charge in [-0.1, -0.05) is 0 Å². The lowest BCUT2D eigenvalue weighted by Crippen LogP contribution is -2.57. The largest absolute Gasteiger partial charge is 0.467 e. The molecule has 0 saturated carbocycles. The van der Waals surface area contributed by atoms with Gasteiger partial charge in [-0.15, -0.1) is 0 Å². The highest BCUT2D eigenvalue weighted by atomic mass is 32.2. The van der Waals surface area contributed by atoms with E-state index < -0.39 is 11.5 Å². The third kappa shape index (κ3) is 3.38. The summed E-state index contributed by atoms with van der Waals surface area (Å²) in [5, 5.41) is 5.80. The second kappa shape index (κ2) is 5.54. The van der Waals surface area contributed by atoms with Crippen LogP contribution in [0.25, 0.3) is 0 Å². The molecule has 1 atom stereocenters. The van der Waals surface area contributed by atoms with Crippen molar-refractivity contribution in [3.05, 3.63) is 0 Å². The van der Waals surface area contributed by atoms with Gasteiger partial charge in [-0.25, -0.2) is 4.79 Å². The summed E-state index contributed by atoms with van der Waals surface area (Å²) in [6.07, 6.45) is 0. The molecule has 0 spiro atoms. The summed E-state index contributed by atoms with van der Waals surface area (Å²) in [4.78, 5) is 23.2. The maximum atomic E-state index is 11.8. The van der Waals surface area contributed by atoms with Crippen molar-refractivity contribution in [3.63, 3.8) is 0 Å². The Labute approximate surface area is 99.7 Å². The number of hydrogen-bond donors (Lipinski definition) is 2. The van der Waals surface area contributed by atoms with Gasteiger partial charge in [0, 0.05) is 18.1 Å². The molecule has 2 N–H and O–H groups in total. The van der Waals surface area contributed by atoms with Crippen LogP contribution in [0.2, 0.25) is 0 Å². The Morgan fingerprint density at radius 2 is 2.19 bits per heavy atom. The van der Waals surface area contributed by atoms with Crippen LogP contribution in [-0.2, 0) is 14.3 Å². The van der Waals surface area contributed by atoms with Crippen LogP contribution in [0.1, 0.15) is 13.8 Å². The normalized spacial score (nSPS) is 21.3. The molecule has 0 radical (unpaired) electrons. The molecule has 0 aromatic carbocycles. The Hall–Kier alpha value is -0.750. The minimum absolute atomic E-state index is 0.150. The lowest BCUT2D eigenvalue weighted by Gasteiger charge is -2.28. The summed E-state index contributed by atoms with van der Waals surface area (Å²) in [5.41, 5.74) is -0.977. The Balaban J connectivity index is 2.52. The number of amides is 1. The van der Waals surface area contributed by atoms with Crippen LogP contribution in [0, 0.1) is 0 Å². The standard InChI is InChI=1S/C10H18N2O3S/c1-10(2,9(14)15-3)12-8(13)7-6-16-5-4-11-7/h7,11H,4-6H2,1-3H3,(H,12,13). The van der Waals surface area contributed by atoms with Crippen molar-refractivity contribution >= 4 is 23.6 Å². The van der Waals surface area contributed by atoms with Crippen molar-refractivity contribution < 1.29 is 14.3 Å². The summed E-state index contributed by atoms with van der Waals surface area (Å²) >= 11 is 1.73. The first-order valence-electron chi connectivity index (χ1n) is 5.19. The maximum absolute atomic E-state index is 11.8. The summed E-state index contributed by atoms with van der Waals surface area (Å²) in [6, 6.07) is -0.220. The lowest BCUT2D eigenvalue weighted by molar-refractivity contribution is -0.149. The van der Waals surface area contributed by atoms with Gasteiger partial charge in [0.05, 0.1) is 13.2 Å². The summed E-state index contributed by atoms with van der Waals surface area (Å²) in [7, 11) is 1.31. The predicted octanol–water partition coefficient (Wildman–Crippen LogP) is -0.241. The predicted molar refractivity (Wildman–Crippen MR) is 63.4 cm³/mol. The molecule has 0 aromatic rings. The van der Waals surface area contributed by atoms with Gasteiger partial charge in [-0.2, -0.15) is 11.8 Å². The second-order valence-electron chi connectivity index (χ2n) is 4.19. The van der Waals surface area contributed by atoms with E-state index in [0.29, 0.717) is 0 Å². The fraction of sp³-hybridized carbons (Fsp3) is 0.800. The van der Waals surface area contributed by atoms with E-state index in [1.54, 1.807) is 25.6 Å². The average molecular weight is 246 g/mol. The van der Waals surface area contributed by atoms with E-state index in [4.69, 9.17) is 0 Å². The average Bonchev–Trinajstić information content (AvgIpc) is 2.28. The SMILES string of the molecule is COC(=O)C(C)(C)NC(=O)C1CSCCN1. The number of carbonyl (C=O) groups is 2. The number of esters is 1. The zero-order chi connectivity index (χ0) is 12.2. The van der Waals surface area contributed by atoms with E-state index in [1.165, 1.54) is 7.11 Å². The molecule has 0 aliphatic carbocycles. The quantitative estimate of drug-likeness (QED) is 0.673. The molecule has 5 nitrogen and oxygen atoms in total. The monoisotopic (exact) mass is 246 g/mol. The van der Waals surface area contributed by atoms with Crippen molar-refractivity contribution in [2.45, 2.75) is 25.4 Å². The molecular weight excluding hydrogens is 228 g/mol. The van der Waals surface area contributed by atoms with Gasteiger partial charge >= 0.3 is 5.97 Å². The Bertz CT molecular complexity index is 275. The number of methoxy groups -OCH3 is 1. The Kier molecular flexibility index (Phi) is 4.61. The van der Waals surface area contributed by atoms with Crippen molar-refractivity contribution in [1.82, 2.24) is 10.6 Å². The van der Waals surface area contributed by atoms with Crippen LogP contribution in [0.3, 0.4) is 0 Å². The highest BCUT2D eigenvalue weighted by Crippen LogP contribution is 2.10. The summed E-state index contributed by atoms with van der Waals surface area (Å²) < 4.78 is 4.62. The van der Waals surface area contributed by atoms with Crippen LogP contribution in [0.5, 0.6) is 0 Å². The molecule has 1 heterocycles. The van der Waals surface area contributed by atoms with Gasteiger partial charge in [-0.05, 0) is 13.8 Å². The zero-order valence-electron chi connectivity index (χ0n) is 9.83. The lowest BCUT2D eigenvalue weighted by atomic mass is 10.1. The van der Waals surface area contributed by atoms with Gasteiger partial charge < -0.3 is 15.4 Å². The molecule has 1 aliphatic heterocycles. The number of hydrogen-bond acceptors (Lipinski definition) is 5. The fourth-order valence-corrected chi connectivity index (χ4v) is 2.37. The second-order valence-corrected chi connectivity index (χ2v) is 5.34. The van der Waals surface area contributed by atoms with E-state index in [-0.39, 0.29) is 11.9 Å². The molecule has 6 heteroatoms. The number of rotatable bonds is 3. The Morgan fingerprint density at radius 3 is 2.69 bits per heavy atom. The number of carbonyl (C=O) groups excluding carboxylic acids is 2. The molecule has 92 valence electrons. The minimum Gasteiger partial charge on any atom is -0.467 e. The van der Waals surface area contributed by atoms with Crippen LogP contribution in [0.15, 0.2) is 0 Å². The van der Waals surface area contributed by atoms with Crippen molar-refractivity contribution in [2.75, 3.05) is 25.2 Å².